The maximum absolute atomic E-state index is 12.2. The van der Waals surface area contributed by atoms with Crippen LogP contribution >= 0.6 is 0 Å². The minimum Gasteiger partial charge on any atom is -0.494 e. The summed E-state index contributed by atoms with van der Waals surface area (Å²) in [6, 6.07) is 5.87. The van der Waals surface area contributed by atoms with Crippen molar-refractivity contribution in [2.75, 3.05) is 6.61 Å². The monoisotopic (exact) mass is 232 g/mol. The maximum Gasteiger partial charge on any atom is 0.166 e. The highest BCUT2D eigenvalue weighted by atomic mass is 16.5. The van der Waals surface area contributed by atoms with Crippen molar-refractivity contribution < 1.29 is 9.53 Å². The van der Waals surface area contributed by atoms with Gasteiger partial charge in [-0.25, -0.2) is 0 Å². The summed E-state index contributed by atoms with van der Waals surface area (Å²) >= 11 is 0. The van der Waals surface area contributed by atoms with Gasteiger partial charge in [-0.15, -0.1) is 0 Å². The topological polar surface area (TPSA) is 26.3 Å². The van der Waals surface area contributed by atoms with Crippen LogP contribution in [0.25, 0.3) is 0 Å². The second kappa shape index (κ2) is 5.35. The van der Waals surface area contributed by atoms with E-state index in [9.17, 15) is 4.79 Å². The number of Topliss-reactive ketones (excluding diaryl/α,β-unsaturated/α-hetero) is 1. The van der Waals surface area contributed by atoms with E-state index in [0.717, 1.165) is 42.6 Å². The van der Waals surface area contributed by atoms with Crippen LogP contribution in [0.2, 0.25) is 0 Å². The molecule has 0 spiro atoms. The molecule has 0 fully saturated rings. The summed E-state index contributed by atoms with van der Waals surface area (Å²) in [5, 5.41) is 0. The number of fused-ring (bicyclic) bond motifs is 1. The van der Waals surface area contributed by atoms with Gasteiger partial charge in [-0.1, -0.05) is 13.3 Å². The van der Waals surface area contributed by atoms with Crippen molar-refractivity contribution >= 4 is 5.78 Å². The minimum absolute atomic E-state index is 0.241. The van der Waals surface area contributed by atoms with Crippen molar-refractivity contribution in [3.63, 3.8) is 0 Å². The van der Waals surface area contributed by atoms with E-state index in [1.54, 1.807) is 0 Å². The average molecular weight is 232 g/mol. The van der Waals surface area contributed by atoms with Crippen LogP contribution in [-0.4, -0.2) is 12.4 Å². The SMILES string of the molecule is CCCC1CCc2cc(OCC)ccc2C1=O. The molecule has 92 valence electrons. The summed E-state index contributed by atoms with van der Waals surface area (Å²) in [7, 11) is 0. The van der Waals surface area contributed by atoms with Gasteiger partial charge in [0.2, 0.25) is 0 Å². The lowest BCUT2D eigenvalue weighted by Crippen LogP contribution is -2.22. The third-order valence-electron chi connectivity index (χ3n) is 3.42. The van der Waals surface area contributed by atoms with Crippen LogP contribution < -0.4 is 4.74 Å². The predicted molar refractivity (Wildman–Crippen MR) is 68.7 cm³/mol. The molecular formula is C15H20O2. The zero-order chi connectivity index (χ0) is 12.3. The molecule has 1 aromatic carbocycles. The Morgan fingerprint density at radius 2 is 2.18 bits per heavy atom. The normalized spacial score (nSPS) is 18.9. The highest BCUT2D eigenvalue weighted by Gasteiger charge is 2.26. The van der Waals surface area contributed by atoms with E-state index in [1.807, 2.05) is 25.1 Å². The largest absolute Gasteiger partial charge is 0.494 e. The number of aryl methyl sites for hydroxylation is 1. The van der Waals surface area contributed by atoms with Crippen molar-refractivity contribution in [3.05, 3.63) is 29.3 Å². The predicted octanol–water partition coefficient (Wildman–Crippen LogP) is 3.63. The number of carbonyl (C=O) groups excluding carboxylic acids is 1. The van der Waals surface area contributed by atoms with Crippen LogP contribution in [0.3, 0.4) is 0 Å². The summed E-state index contributed by atoms with van der Waals surface area (Å²) in [5.74, 6) is 1.45. The average Bonchev–Trinajstić information content (AvgIpc) is 2.33. The molecule has 0 aromatic heterocycles. The van der Waals surface area contributed by atoms with E-state index in [-0.39, 0.29) is 5.92 Å². The Morgan fingerprint density at radius 3 is 2.88 bits per heavy atom. The van der Waals surface area contributed by atoms with Gasteiger partial charge in [0, 0.05) is 11.5 Å². The minimum atomic E-state index is 0.241. The third kappa shape index (κ3) is 2.51. The van der Waals surface area contributed by atoms with Crippen LogP contribution in [0.5, 0.6) is 5.75 Å². The Labute approximate surface area is 103 Å². The fraction of sp³-hybridized carbons (Fsp3) is 0.533. The standard InChI is InChI=1S/C15H20O2/c1-3-5-11-6-7-12-10-13(17-4-2)8-9-14(12)15(11)16/h8-11H,3-7H2,1-2H3. The molecule has 1 atom stereocenters. The van der Waals surface area contributed by atoms with Gasteiger partial charge in [0.15, 0.2) is 5.78 Å². The molecule has 0 amide bonds. The Kier molecular flexibility index (Phi) is 3.82. The zero-order valence-electron chi connectivity index (χ0n) is 10.7. The van der Waals surface area contributed by atoms with Crippen LogP contribution in [0, 0.1) is 5.92 Å². The quantitative estimate of drug-likeness (QED) is 0.792. The smallest absolute Gasteiger partial charge is 0.166 e. The second-order valence-electron chi connectivity index (χ2n) is 4.64. The summed E-state index contributed by atoms with van der Waals surface area (Å²) < 4.78 is 5.47. The van der Waals surface area contributed by atoms with Crippen LogP contribution in [-0.2, 0) is 6.42 Å². The molecule has 1 aliphatic carbocycles. The van der Waals surface area contributed by atoms with E-state index in [0.29, 0.717) is 12.4 Å². The van der Waals surface area contributed by atoms with E-state index in [1.165, 1.54) is 0 Å². The van der Waals surface area contributed by atoms with Crippen molar-refractivity contribution in [2.45, 2.75) is 39.5 Å². The Bertz CT molecular complexity index is 409. The van der Waals surface area contributed by atoms with Gasteiger partial charge >= 0.3 is 0 Å². The Morgan fingerprint density at radius 1 is 1.35 bits per heavy atom. The van der Waals surface area contributed by atoms with E-state index >= 15 is 0 Å². The van der Waals surface area contributed by atoms with Crippen molar-refractivity contribution in [2.24, 2.45) is 5.92 Å². The molecule has 2 rings (SSSR count). The van der Waals surface area contributed by atoms with E-state index < -0.39 is 0 Å². The van der Waals surface area contributed by atoms with Gasteiger partial charge in [0.05, 0.1) is 6.61 Å². The van der Waals surface area contributed by atoms with Crippen LogP contribution in [0.15, 0.2) is 18.2 Å². The third-order valence-corrected chi connectivity index (χ3v) is 3.42. The lowest BCUT2D eigenvalue weighted by molar-refractivity contribution is 0.0894. The number of ketones is 1. The van der Waals surface area contributed by atoms with E-state index in [2.05, 4.69) is 6.92 Å². The first-order valence-corrected chi connectivity index (χ1v) is 6.56. The summed E-state index contributed by atoms with van der Waals surface area (Å²) in [6.45, 7) is 4.79. The number of rotatable bonds is 4. The molecule has 0 saturated carbocycles. The maximum atomic E-state index is 12.2. The van der Waals surface area contributed by atoms with Crippen LogP contribution in [0.4, 0.5) is 0 Å². The summed E-state index contributed by atoms with van der Waals surface area (Å²) in [4.78, 5) is 12.2. The van der Waals surface area contributed by atoms with Crippen LogP contribution in [0.1, 0.15) is 49.0 Å². The summed E-state index contributed by atoms with van der Waals surface area (Å²) in [6.07, 6.45) is 4.11. The number of hydrogen-bond acceptors (Lipinski definition) is 2. The number of ether oxygens (including phenoxy) is 1. The molecular weight excluding hydrogens is 212 g/mol. The van der Waals surface area contributed by atoms with E-state index in [4.69, 9.17) is 4.74 Å². The molecule has 0 bridgehead atoms. The molecule has 0 radical (unpaired) electrons. The van der Waals surface area contributed by atoms with Gasteiger partial charge in [-0.05, 0) is 49.9 Å². The highest BCUT2D eigenvalue weighted by Crippen LogP contribution is 2.30. The van der Waals surface area contributed by atoms with Gasteiger partial charge in [0.1, 0.15) is 5.75 Å². The molecule has 1 aromatic rings. The van der Waals surface area contributed by atoms with Crippen molar-refractivity contribution in [1.29, 1.82) is 0 Å². The molecule has 2 nitrogen and oxygen atoms in total. The Hall–Kier alpha value is -1.31. The first-order valence-electron chi connectivity index (χ1n) is 6.56. The molecule has 17 heavy (non-hydrogen) atoms. The number of hydrogen-bond donors (Lipinski definition) is 0. The molecule has 0 N–H and O–H groups in total. The fourth-order valence-corrected chi connectivity index (χ4v) is 2.58. The summed E-state index contributed by atoms with van der Waals surface area (Å²) in [5.41, 5.74) is 2.08. The molecule has 1 unspecified atom stereocenters. The molecule has 1 aliphatic rings. The van der Waals surface area contributed by atoms with Crippen molar-refractivity contribution in [3.8, 4) is 5.75 Å². The van der Waals surface area contributed by atoms with Gasteiger partial charge in [-0.3, -0.25) is 4.79 Å². The van der Waals surface area contributed by atoms with Gasteiger partial charge in [0.25, 0.3) is 0 Å². The fourth-order valence-electron chi connectivity index (χ4n) is 2.58. The lowest BCUT2D eigenvalue weighted by atomic mass is 9.80. The highest BCUT2D eigenvalue weighted by molar-refractivity contribution is 6.00. The molecule has 0 aliphatic heterocycles. The number of benzene rings is 1. The first-order chi connectivity index (χ1) is 8.26. The molecule has 0 saturated heterocycles. The molecule has 2 heteroatoms. The van der Waals surface area contributed by atoms with Gasteiger partial charge < -0.3 is 4.74 Å². The first kappa shape index (κ1) is 12.2. The molecule has 0 heterocycles. The zero-order valence-corrected chi connectivity index (χ0v) is 10.7. The van der Waals surface area contributed by atoms with Crippen molar-refractivity contribution in [1.82, 2.24) is 0 Å². The Balaban J connectivity index is 2.23. The van der Waals surface area contributed by atoms with Gasteiger partial charge in [-0.2, -0.15) is 0 Å². The number of carbonyl (C=O) groups is 1. The second-order valence-corrected chi connectivity index (χ2v) is 4.64. The lowest BCUT2D eigenvalue weighted by Gasteiger charge is -2.23.